The monoisotopic (exact) mass is 318 g/mol. The van der Waals surface area contributed by atoms with Crippen molar-refractivity contribution in [2.75, 3.05) is 13.7 Å². The molecule has 0 radical (unpaired) electrons. The average molecular weight is 319 g/mol. The van der Waals surface area contributed by atoms with Gasteiger partial charge in [0.2, 0.25) is 0 Å². The Morgan fingerprint density at radius 2 is 2.11 bits per heavy atom. The molecule has 0 aliphatic carbocycles. The molecule has 6 heteroatoms. The molecule has 3 N–H and O–H groups in total. The van der Waals surface area contributed by atoms with Gasteiger partial charge in [-0.1, -0.05) is 22.0 Å². The van der Waals surface area contributed by atoms with Crippen LogP contribution >= 0.6 is 15.9 Å². The van der Waals surface area contributed by atoms with E-state index in [1.165, 1.54) is 25.3 Å². The van der Waals surface area contributed by atoms with Gasteiger partial charge in [-0.05, 0) is 24.1 Å². The van der Waals surface area contributed by atoms with Crippen molar-refractivity contribution < 1.29 is 24.9 Å². The highest BCUT2D eigenvalue weighted by molar-refractivity contribution is 9.10. The third-order valence-electron chi connectivity index (χ3n) is 2.53. The Balaban J connectivity index is 2.94. The lowest BCUT2D eigenvalue weighted by Gasteiger charge is -2.18. The maximum absolute atomic E-state index is 11.3. The molecule has 2 atom stereocenters. The van der Waals surface area contributed by atoms with Crippen LogP contribution in [0.2, 0.25) is 0 Å². The van der Waals surface area contributed by atoms with Crippen LogP contribution < -0.4 is 0 Å². The van der Waals surface area contributed by atoms with E-state index in [-0.39, 0.29) is 13.0 Å². The maximum atomic E-state index is 11.3. The number of halogens is 1. The summed E-state index contributed by atoms with van der Waals surface area (Å²) >= 11 is 3.22. The summed E-state index contributed by atoms with van der Waals surface area (Å²) < 4.78 is 5.07. The predicted octanol–water partition coefficient (Wildman–Crippen LogP) is 1.01. The summed E-state index contributed by atoms with van der Waals surface area (Å²) in [5.74, 6) is -0.479. The van der Waals surface area contributed by atoms with Crippen molar-refractivity contribution in [3.8, 4) is 0 Å². The van der Waals surface area contributed by atoms with Gasteiger partial charge in [0.05, 0.1) is 18.8 Å². The standard InChI is InChI=1S/C12H15BrO5/c1-18-12(17)7-2-3-8(9(13)6-7)11(16)10(15)4-5-14/h2-3,6,10-11,14-16H,4-5H2,1H3. The fourth-order valence-electron chi connectivity index (χ4n) is 1.51. The van der Waals surface area contributed by atoms with Gasteiger partial charge < -0.3 is 20.1 Å². The van der Waals surface area contributed by atoms with Gasteiger partial charge in [0.25, 0.3) is 0 Å². The zero-order valence-corrected chi connectivity index (χ0v) is 11.4. The number of rotatable bonds is 5. The smallest absolute Gasteiger partial charge is 0.337 e. The first-order valence-corrected chi connectivity index (χ1v) is 6.15. The van der Waals surface area contributed by atoms with E-state index in [1.54, 1.807) is 0 Å². The minimum atomic E-state index is -1.13. The van der Waals surface area contributed by atoms with Crippen LogP contribution in [-0.4, -0.2) is 41.1 Å². The number of hydrogen-bond acceptors (Lipinski definition) is 5. The lowest BCUT2D eigenvalue weighted by molar-refractivity contribution is 0.00382. The third-order valence-corrected chi connectivity index (χ3v) is 3.22. The Bertz CT molecular complexity index is 421. The predicted molar refractivity (Wildman–Crippen MR) is 68.2 cm³/mol. The second-order valence-corrected chi connectivity index (χ2v) is 4.61. The van der Waals surface area contributed by atoms with Gasteiger partial charge in [-0.3, -0.25) is 0 Å². The van der Waals surface area contributed by atoms with Crippen LogP contribution in [0.15, 0.2) is 22.7 Å². The molecule has 2 unspecified atom stereocenters. The quantitative estimate of drug-likeness (QED) is 0.705. The van der Waals surface area contributed by atoms with Crippen molar-refractivity contribution in [2.24, 2.45) is 0 Å². The molecule has 1 aromatic carbocycles. The first-order valence-electron chi connectivity index (χ1n) is 5.36. The molecule has 1 rings (SSSR count). The molecular formula is C12H15BrO5. The molecular weight excluding hydrogens is 304 g/mol. The van der Waals surface area contributed by atoms with E-state index in [9.17, 15) is 15.0 Å². The van der Waals surface area contributed by atoms with Gasteiger partial charge in [-0.25, -0.2) is 4.79 Å². The number of carbonyl (C=O) groups excluding carboxylic acids is 1. The van der Waals surface area contributed by atoms with E-state index in [0.717, 1.165) is 0 Å². The van der Waals surface area contributed by atoms with Crippen molar-refractivity contribution in [1.82, 2.24) is 0 Å². The first-order chi connectivity index (χ1) is 8.51. The molecule has 0 aliphatic rings. The van der Waals surface area contributed by atoms with Gasteiger partial charge in [0, 0.05) is 11.1 Å². The number of aliphatic hydroxyl groups is 3. The van der Waals surface area contributed by atoms with Gasteiger partial charge in [0.1, 0.15) is 6.10 Å². The summed E-state index contributed by atoms with van der Waals surface area (Å²) in [6.45, 7) is -0.212. The van der Waals surface area contributed by atoms with Gasteiger partial charge in [-0.2, -0.15) is 0 Å². The van der Waals surface area contributed by atoms with Crippen molar-refractivity contribution in [1.29, 1.82) is 0 Å². The van der Waals surface area contributed by atoms with Crippen molar-refractivity contribution >= 4 is 21.9 Å². The third kappa shape index (κ3) is 3.52. The Kier molecular flexibility index (Phi) is 5.74. The van der Waals surface area contributed by atoms with Crippen LogP contribution in [0.1, 0.15) is 28.4 Å². The normalized spacial score (nSPS) is 14.1. The fourth-order valence-corrected chi connectivity index (χ4v) is 2.12. The highest BCUT2D eigenvalue weighted by Gasteiger charge is 2.21. The summed E-state index contributed by atoms with van der Waals surface area (Å²) in [4.78, 5) is 11.3. The number of ether oxygens (including phenoxy) is 1. The molecule has 0 saturated carbocycles. The Morgan fingerprint density at radius 3 is 2.61 bits per heavy atom. The van der Waals surface area contributed by atoms with E-state index in [2.05, 4.69) is 20.7 Å². The zero-order chi connectivity index (χ0) is 13.7. The largest absolute Gasteiger partial charge is 0.465 e. The molecule has 5 nitrogen and oxygen atoms in total. The number of methoxy groups -OCH3 is 1. The number of hydrogen-bond donors (Lipinski definition) is 3. The highest BCUT2D eigenvalue weighted by atomic mass is 79.9. The van der Waals surface area contributed by atoms with Crippen LogP contribution in [0, 0.1) is 0 Å². The Hall–Kier alpha value is -0.950. The van der Waals surface area contributed by atoms with Gasteiger partial charge in [-0.15, -0.1) is 0 Å². The SMILES string of the molecule is COC(=O)c1ccc(C(O)C(O)CCO)c(Br)c1. The number of aliphatic hydroxyl groups excluding tert-OH is 3. The first kappa shape index (κ1) is 15.1. The zero-order valence-electron chi connectivity index (χ0n) is 9.84. The van der Waals surface area contributed by atoms with E-state index >= 15 is 0 Å². The van der Waals surface area contributed by atoms with Crippen LogP contribution in [0.5, 0.6) is 0 Å². The fraction of sp³-hybridized carbons (Fsp3) is 0.417. The number of carbonyl (C=O) groups is 1. The molecule has 0 saturated heterocycles. The Morgan fingerprint density at radius 1 is 1.44 bits per heavy atom. The minimum absolute atomic E-state index is 0.0758. The van der Waals surface area contributed by atoms with Crippen molar-refractivity contribution in [3.05, 3.63) is 33.8 Å². The summed E-state index contributed by atoms with van der Waals surface area (Å²) in [5.41, 5.74) is 0.792. The van der Waals surface area contributed by atoms with Crippen molar-refractivity contribution in [2.45, 2.75) is 18.6 Å². The summed E-state index contributed by atoms with van der Waals surface area (Å²) in [6.07, 6.45) is -2.11. The second-order valence-electron chi connectivity index (χ2n) is 3.75. The van der Waals surface area contributed by atoms with Crippen LogP contribution in [0.4, 0.5) is 0 Å². The van der Waals surface area contributed by atoms with E-state index < -0.39 is 18.2 Å². The summed E-state index contributed by atoms with van der Waals surface area (Å²) in [5, 5.41) is 28.2. The molecule has 1 aromatic rings. The molecule has 0 aromatic heterocycles. The molecule has 0 fully saturated rings. The molecule has 0 spiro atoms. The maximum Gasteiger partial charge on any atom is 0.337 e. The topological polar surface area (TPSA) is 87.0 Å². The number of benzene rings is 1. The molecule has 100 valence electrons. The van der Waals surface area contributed by atoms with Crippen molar-refractivity contribution in [3.63, 3.8) is 0 Å². The van der Waals surface area contributed by atoms with Gasteiger partial charge in [0.15, 0.2) is 0 Å². The molecule has 0 amide bonds. The second kappa shape index (κ2) is 6.84. The summed E-state index contributed by atoms with van der Waals surface area (Å²) in [6, 6.07) is 4.54. The van der Waals surface area contributed by atoms with Crippen LogP contribution in [0.25, 0.3) is 0 Å². The van der Waals surface area contributed by atoms with E-state index in [0.29, 0.717) is 15.6 Å². The highest BCUT2D eigenvalue weighted by Crippen LogP contribution is 2.28. The lowest BCUT2D eigenvalue weighted by Crippen LogP contribution is -2.20. The average Bonchev–Trinajstić information content (AvgIpc) is 2.37. The van der Waals surface area contributed by atoms with E-state index in [4.69, 9.17) is 5.11 Å². The molecule has 18 heavy (non-hydrogen) atoms. The Labute approximate surface area is 113 Å². The lowest BCUT2D eigenvalue weighted by atomic mass is 10.0. The number of esters is 1. The molecule has 0 aliphatic heterocycles. The van der Waals surface area contributed by atoms with Crippen LogP contribution in [0.3, 0.4) is 0 Å². The minimum Gasteiger partial charge on any atom is -0.465 e. The summed E-state index contributed by atoms with van der Waals surface area (Å²) in [7, 11) is 1.28. The van der Waals surface area contributed by atoms with E-state index in [1.807, 2.05) is 0 Å². The molecule has 0 bridgehead atoms. The van der Waals surface area contributed by atoms with Gasteiger partial charge >= 0.3 is 5.97 Å². The van der Waals surface area contributed by atoms with Crippen LogP contribution in [-0.2, 0) is 4.74 Å². The molecule has 0 heterocycles.